The van der Waals surface area contributed by atoms with Gasteiger partial charge in [-0.2, -0.15) is 13.2 Å². The Morgan fingerprint density at radius 1 is 1.25 bits per heavy atom. The molecule has 1 aromatic heterocycles. The van der Waals surface area contributed by atoms with Gasteiger partial charge < -0.3 is 5.32 Å². The third-order valence-corrected chi connectivity index (χ3v) is 4.06. The Hall–Kier alpha value is -1.17. The summed E-state index contributed by atoms with van der Waals surface area (Å²) in [5.41, 5.74) is 0.480. The van der Waals surface area contributed by atoms with Gasteiger partial charge in [0.2, 0.25) is 0 Å². The highest BCUT2D eigenvalue weighted by Crippen LogP contribution is 2.46. The van der Waals surface area contributed by atoms with Gasteiger partial charge >= 0.3 is 6.18 Å². The van der Waals surface area contributed by atoms with Gasteiger partial charge in [-0.15, -0.1) is 0 Å². The van der Waals surface area contributed by atoms with E-state index in [-0.39, 0.29) is 6.42 Å². The Labute approximate surface area is 115 Å². The molecule has 0 amide bonds. The molecule has 2 rings (SSSR count). The van der Waals surface area contributed by atoms with Crippen molar-refractivity contribution in [3.8, 4) is 0 Å². The van der Waals surface area contributed by atoms with E-state index >= 15 is 0 Å². The lowest BCUT2D eigenvalue weighted by Crippen LogP contribution is -2.40. The number of rotatable bonds is 3. The largest absolute Gasteiger partial charge is 0.392 e. The van der Waals surface area contributed by atoms with Gasteiger partial charge in [0.15, 0.2) is 0 Å². The fourth-order valence-electron chi connectivity index (χ4n) is 3.19. The maximum absolute atomic E-state index is 13.2. The Bertz CT molecular complexity index is 447. The SMILES string of the molecule is CNC(c1cncc(F)c1)C1CCCCC1C(F)(F)F. The fraction of sp³-hybridized carbons (Fsp3) is 0.643. The summed E-state index contributed by atoms with van der Waals surface area (Å²) in [6.07, 6.45) is 0.295. The number of pyridine rings is 1. The second-order valence-corrected chi connectivity index (χ2v) is 5.30. The molecule has 0 aliphatic heterocycles. The van der Waals surface area contributed by atoms with Gasteiger partial charge in [0.1, 0.15) is 5.82 Å². The van der Waals surface area contributed by atoms with E-state index in [1.165, 1.54) is 12.3 Å². The molecule has 1 aliphatic carbocycles. The molecule has 1 aliphatic rings. The van der Waals surface area contributed by atoms with Crippen molar-refractivity contribution in [1.82, 2.24) is 10.3 Å². The topological polar surface area (TPSA) is 24.9 Å². The molecule has 2 nitrogen and oxygen atoms in total. The van der Waals surface area contributed by atoms with Crippen molar-refractivity contribution in [3.63, 3.8) is 0 Å². The zero-order valence-corrected chi connectivity index (χ0v) is 11.3. The summed E-state index contributed by atoms with van der Waals surface area (Å²) in [4.78, 5) is 3.74. The summed E-state index contributed by atoms with van der Waals surface area (Å²) >= 11 is 0. The van der Waals surface area contributed by atoms with Crippen LogP contribution in [0.1, 0.15) is 37.3 Å². The smallest absolute Gasteiger partial charge is 0.313 e. The summed E-state index contributed by atoms with van der Waals surface area (Å²) in [6.45, 7) is 0. The van der Waals surface area contributed by atoms with Crippen LogP contribution in [0.4, 0.5) is 17.6 Å². The predicted octanol–water partition coefficient (Wildman–Crippen LogP) is 3.85. The number of aromatic nitrogens is 1. The first-order valence-corrected chi connectivity index (χ1v) is 6.78. The summed E-state index contributed by atoms with van der Waals surface area (Å²) in [5, 5.41) is 2.91. The molecule has 0 spiro atoms. The van der Waals surface area contributed by atoms with E-state index in [1.807, 2.05) is 0 Å². The zero-order valence-electron chi connectivity index (χ0n) is 11.3. The summed E-state index contributed by atoms with van der Waals surface area (Å²) in [7, 11) is 1.61. The molecule has 0 radical (unpaired) electrons. The lowest BCUT2D eigenvalue weighted by Gasteiger charge is -2.38. The number of hydrogen-bond acceptors (Lipinski definition) is 2. The van der Waals surface area contributed by atoms with Crippen molar-refractivity contribution in [2.24, 2.45) is 11.8 Å². The van der Waals surface area contributed by atoms with Gasteiger partial charge in [0, 0.05) is 12.2 Å². The first kappa shape index (κ1) is 15.2. The molecule has 3 unspecified atom stereocenters. The minimum Gasteiger partial charge on any atom is -0.313 e. The van der Waals surface area contributed by atoms with Crippen molar-refractivity contribution < 1.29 is 17.6 Å². The third-order valence-electron chi connectivity index (χ3n) is 4.06. The minimum absolute atomic E-state index is 0.148. The molecule has 1 aromatic rings. The van der Waals surface area contributed by atoms with Crippen molar-refractivity contribution in [2.75, 3.05) is 7.05 Å². The van der Waals surface area contributed by atoms with Crippen LogP contribution in [-0.4, -0.2) is 18.2 Å². The van der Waals surface area contributed by atoms with Crippen LogP contribution in [0.3, 0.4) is 0 Å². The van der Waals surface area contributed by atoms with Crippen molar-refractivity contribution in [1.29, 1.82) is 0 Å². The van der Waals surface area contributed by atoms with Crippen LogP contribution >= 0.6 is 0 Å². The van der Waals surface area contributed by atoms with Crippen LogP contribution in [-0.2, 0) is 0 Å². The first-order valence-electron chi connectivity index (χ1n) is 6.78. The molecule has 1 heterocycles. The van der Waals surface area contributed by atoms with Crippen LogP contribution in [0.2, 0.25) is 0 Å². The molecule has 112 valence electrons. The van der Waals surface area contributed by atoms with E-state index in [1.54, 1.807) is 7.05 Å². The van der Waals surface area contributed by atoms with E-state index in [9.17, 15) is 17.6 Å². The highest BCUT2D eigenvalue weighted by Gasteiger charge is 2.47. The van der Waals surface area contributed by atoms with E-state index in [0.717, 1.165) is 12.6 Å². The van der Waals surface area contributed by atoms with Crippen LogP contribution in [0.15, 0.2) is 18.5 Å². The molecule has 0 aromatic carbocycles. The minimum atomic E-state index is -4.21. The van der Waals surface area contributed by atoms with Crippen LogP contribution in [0.25, 0.3) is 0 Å². The van der Waals surface area contributed by atoms with Gasteiger partial charge in [-0.1, -0.05) is 12.8 Å². The second kappa shape index (κ2) is 6.08. The Balaban J connectivity index is 2.29. The summed E-state index contributed by atoms with van der Waals surface area (Å²) in [5.74, 6) is -2.43. The Kier molecular flexibility index (Phi) is 4.62. The fourth-order valence-corrected chi connectivity index (χ4v) is 3.19. The molecule has 1 fully saturated rings. The number of alkyl halides is 3. The van der Waals surface area contributed by atoms with E-state index in [0.29, 0.717) is 18.4 Å². The average Bonchev–Trinajstić information content (AvgIpc) is 2.39. The van der Waals surface area contributed by atoms with Gasteiger partial charge in [-0.05, 0) is 37.4 Å². The van der Waals surface area contributed by atoms with E-state index in [4.69, 9.17) is 0 Å². The van der Waals surface area contributed by atoms with Crippen molar-refractivity contribution in [2.45, 2.75) is 37.9 Å². The van der Waals surface area contributed by atoms with E-state index in [2.05, 4.69) is 10.3 Å². The van der Waals surface area contributed by atoms with Crippen LogP contribution < -0.4 is 5.32 Å². The Morgan fingerprint density at radius 2 is 1.95 bits per heavy atom. The first-order chi connectivity index (χ1) is 9.43. The highest BCUT2D eigenvalue weighted by molar-refractivity contribution is 5.17. The van der Waals surface area contributed by atoms with Crippen LogP contribution in [0.5, 0.6) is 0 Å². The Morgan fingerprint density at radius 3 is 2.55 bits per heavy atom. The zero-order chi connectivity index (χ0) is 14.8. The van der Waals surface area contributed by atoms with Crippen LogP contribution in [0, 0.1) is 17.7 Å². The molecular weight excluding hydrogens is 272 g/mol. The van der Waals surface area contributed by atoms with Gasteiger partial charge in [-0.25, -0.2) is 4.39 Å². The molecular formula is C14H18F4N2. The standard InChI is InChI=1S/C14H18F4N2/c1-19-13(9-6-10(15)8-20-7-9)11-4-2-3-5-12(11)14(16,17)18/h6-8,11-13,19H,2-5H2,1H3. The lowest BCUT2D eigenvalue weighted by atomic mass is 9.73. The number of halogens is 4. The monoisotopic (exact) mass is 290 g/mol. The van der Waals surface area contributed by atoms with Gasteiger partial charge in [0.25, 0.3) is 0 Å². The maximum atomic E-state index is 13.2. The summed E-state index contributed by atoms with van der Waals surface area (Å²) in [6, 6.07) is 0.737. The number of hydrogen-bond donors (Lipinski definition) is 1. The van der Waals surface area contributed by atoms with E-state index < -0.39 is 29.9 Å². The van der Waals surface area contributed by atoms with Crippen molar-refractivity contribution in [3.05, 3.63) is 29.8 Å². The number of nitrogens with zero attached hydrogens (tertiary/aromatic N) is 1. The van der Waals surface area contributed by atoms with Gasteiger partial charge in [-0.3, -0.25) is 4.98 Å². The highest BCUT2D eigenvalue weighted by atomic mass is 19.4. The molecule has 20 heavy (non-hydrogen) atoms. The quantitative estimate of drug-likeness (QED) is 0.855. The molecule has 0 saturated heterocycles. The molecule has 3 atom stereocenters. The molecule has 6 heteroatoms. The van der Waals surface area contributed by atoms with Crippen molar-refractivity contribution >= 4 is 0 Å². The van der Waals surface area contributed by atoms with Gasteiger partial charge in [0.05, 0.1) is 12.1 Å². The predicted molar refractivity (Wildman–Crippen MR) is 67.5 cm³/mol. The number of nitrogens with one attached hydrogen (secondary N) is 1. The molecule has 1 saturated carbocycles. The maximum Gasteiger partial charge on any atom is 0.392 e. The summed E-state index contributed by atoms with van der Waals surface area (Å²) < 4.78 is 52.7. The third kappa shape index (κ3) is 3.29. The molecule has 1 N–H and O–H groups in total. The normalized spacial score (nSPS) is 25.4. The average molecular weight is 290 g/mol. The lowest BCUT2D eigenvalue weighted by molar-refractivity contribution is -0.199. The molecule has 0 bridgehead atoms. The second-order valence-electron chi connectivity index (χ2n) is 5.30.